The molecule has 0 aliphatic carbocycles. The lowest BCUT2D eigenvalue weighted by molar-refractivity contribution is -0.120. The topological polar surface area (TPSA) is 62.3 Å². The number of thiazole rings is 1. The Morgan fingerprint density at radius 2 is 2.00 bits per heavy atom. The molecule has 2 aromatic rings. The number of nitrogens with one attached hydrogen (secondary N) is 1. The summed E-state index contributed by atoms with van der Waals surface area (Å²) in [4.78, 5) is 30.9. The quantitative estimate of drug-likeness (QED) is 0.851. The largest absolute Gasteiger partial charge is 0.350 e. The molecular formula is C21H27N3O2S. The van der Waals surface area contributed by atoms with Gasteiger partial charge in [-0.25, -0.2) is 4.98 Å². The van der Waals surface area contributed by atoms with Crippen molar-refractivity contribution < 1.29 is 9.59 Å². The second-order valence-electron chi connectivity index (χ2n) is 7.19. The van der Waals surface area contributed by atoms with Gasteiger partial charge in [-0.1, -0.05) is 24.6 Å². The third kappa shape index (κ3) is 4.75. The molecule has 0 atom stereocenters. The molecule has 1 aromatic heterocycles. The first-order chi connectivity index (χ1) is 13.0. The van der Waals surface area contributed by atoms with Crippen LogP contribution in [0, 0.1) is 13.8 Å². The van der Waals surface area contributed by atoms with E-state index in [2.05, 4.69) is 11.4 Å². The van der Waals surface area contributed by atoms with Crippen LogP contribution in [-0.2, 0) is 11.3 Å². The summed E-state index contributed by atoms with van der Waals surface area (Å²) >= 11 is 1.66. The molecular weight excluding hydrogens is 358 g/mol. The van der Waals surface area contributed by atoms with E-state index in [1.54, 1.807) is 11.3 Å². The molecule has 1 N–H and O–H groups in total. The number of aryl methyl sites for hydroxylation is 2. The van der Waals surface area contributed by atoms with E-state index in [4.69, 9.17) is 4.98 Å². The summed E-state index contributed by atoms with van der Waals surface area (Å²) in [7, 11) is 0. The van der Waals surface area contributed by atoms with Crippen molar-refractivity contribution in [1.29, 1.82) is 0 Å². The lowest BCUT2D eigenvalue weighted by Crippen LogP contribution is -2.38. The molecule has 2 amide bonds. The fourth-order valence-electron chi connectivity index (χ4n) is 3.46. The van der Waals surface area contributed by atoms with Gasteiger partial charge in [0.15, 0.2) is 0 Å². The van der Waals surface area contributed by atoms with E-state index >= 15 is 0 Å². The van der Waals surface area contributed by atoms with Gasteiger partial charge in [0, 0.05) is 36.4 Å². The van der Waals surface area contributed by atoms with Gasteiger partial charge in [-0.3, -0.25) is 9.59 Å². The van der Waals surface area contributed by atoms with Crippen LogP contribution in [-0.4, -0.2) is 34.8 Å². The highest BCUT2D eigenvalue weighted by molar-refractivity contribution is 7.09. The van der Waals surface area contributed by atoms with Crippen LogP contribution >= 0.6 is 11.3 Å². The molecule has 3 rings (SSSR count). The predicted molar refractivity (Wildman–Crippen MR) is 108 cm³/mol. The van der Waals surface area contributed by atoms with Crippen LogP contribution in [0.1, 0.15) is 64.3 Å². The van der Waals surface area contributed by atoms with Crippen molar-refractivity contribution in [1.82, 2.24) is 15.2 Å². The smallest absolute Gasteiger partial charge is 0.254 e. The standard InChI is InChI=1S/C21H27N3O2S/c1-4-19(25)22-12-17-13-27-20(23-17)16-7-9-24(10-8-16)21(26)18-6-5-14(2)11-15(18)3/h5-6,11,13,16H,4,7-10,12H2,1-3H3,(H,22,25). The minimum Gasteiger partial charge on any atom is -0.350 e. The highest BCUT2D eigenvalue weighted by Gasteiger charge is 2.26. The third-order valence-electron chi connectivity index (χ3n) is 5.10. The van der Waals surface area contributed by atoms with Crippen molar-refractivity contribution in [2.75, 3.05) is 13.1 Å². The summed E-state index contributed by atoms with van der Waals surface area (Å²) < 4.78 is 0. The molecule has 27 heavy (non-hydrogen) atoms. The van der Waals surface area contributed by atoms with Crippen LogP contribution in [0.5, 0.6) is 0 Å². The number of nitrogens with zero attached hydrogens (tertiary/aromatic N) is 2. The Bertz CT molecular complexity index is 823. The molecule has 1 aliphatic rings. The number of amides is 2. The van der Waals surface area contributed by atoms with Crippen molar-refractivity contribution in [3.05, 3.63) is 51.0 Å². The molecule has 144 valence electrons. The summed E-state index contributed by atoms with van der Waals surface area (Å²) in [5, 5.41) is 6.01. The van der Waals surface area contributed by atoms with Crippen LogP contribution in [0.15, 0.2) is 23.6 Å². The molecule has 0 bridgehead atoms. The molecule has 1 aromatic carbocycles. The Morgan fingerprint density at radius 1 is 1.26 bits per heavy atom. The van der Waals surface area contributed by atoms with Gasteiger partial charge >= 0.3 is 0 Å². The van der Waals surface area contributed by atoms with Gasteiger partial charge in [-0.2, -0.15) is 0 Å². The Kier molecular flexibility index (Phi) is 6.26. The molecule has 5 nitrogen and oxygen atoms in total. The van der Waals surface area contributed by atoms with E-state index in [1.807, 2.05) is 43.2 Å². The first-order valence-electron chi connectivity index (χ1n) is 9.55. The normalized spacial score (nSPS) is 15.0. The number of benzene rings is 1. The van der Waals surface area contributed by atoms with Crippen molar-refractivity contribution in [2.24, 2.45) is 0 Å². The van der Waals surface area contributed by atoms with Crippen LogP contribution in [0.3, 0.4) is 0 Å². The number of hydrogen-bond acceptors (Lipinski definition) is 4. The van der Waals surface area contributed by atoms with Crippen molar-refractivity contribution in [3.63, 3.8) is 0 Å². The number of aromatic nitrogens is 1. The SMILES string of the molecule is CCC(=O)NCc1csc(C2CCN(C(=O)c3ccc(C)cc3C)CC2)n1. The molecule has 1 saturated heterocycles. The van der Waals surface area contributed by atoms with Gasteiger partial charge in [0.1, 0.15) is 0 Å². The summed E-state index contributed by atoms with van der Waals surface area (Å²) in [5.41, 5.74) is 3.95. The van der Waals surface area contributed by atoms with Crippen LogP contribution in [0.2, 0.25) is 0 Å². The predicted octanol–water partition coefficient (Wildman–Crippen LogP) is 3.81. The van der Waals surface area contributed by atoms with E-state index in [1.165, 1.54) is 5.56 Å². The highest BCUT2D eigenvalue weighted by Crippen LogP contribution is 2.31. The van der Waals surface area contributed by atoms with Crippen molar-refractivity contribution in [2.45, 2.75) is 52.5 Å². The molecule has 0 saturated carbocycles. The Labute approximate surface area is 164 Å². The Balaban J connectivity index is 1.56. The minimum atomic E-state index is 0.0442. The van der Waals surface area contributed by atoms with Crippen LogP contribution < -0.4 is 5.32 Å². The molecule has 1 fully saturated rings. The number of carbonyl (C=O) groups excluding carboxylic acids is 2. The minimum absolute atomic E-state index is 0.0442. The van der Waals surface area contributed by atoms with Gasteiger partial charge in [0.05, 0.1) is 17.2 Å². The average molecular weight is 386 g/mol. The zero-order chi connectivity index (χ0) is 19.4. The molecule has 6 heteroatoms. The van der Waals surface area contributed by atoms with Gasteiger partial charge < -0.3 is 10.2 Å². The Morgan fingerprint density at radius 3 is 2.67 bits per heavy atom. The number of piperidine rings is 1. The number of rotatable bonds is 5. The fourth-order valence-corrected chi connectivity index (χ4v) is 4.45. The summed E-state index contributed by atoms with van der Waals surface area (Å²) in [5.74, 6) is 0.574. The average Bonchev–Trinajstić information content (AvgIpc) is 3.15. The maximum atomic E-state index is 12.8. The fraction of sp³-hybridized carbons (Fsp3) is 0.476. The zero-order valence-electron chi connectivity index (χ0n) is 16.2. The van der Waals surface area contributed by atoms with Gasteiger partial charge in [-0.15, -0.1) is 11.3 Å². The van der Waals surface area contributed by atoms with E-state index < -0.39 is 0 Å². The summed E-state index contributed by atoms with van der Waals surface area (Å²) in [6.07, 6.45) is 2.36. The molecule has 0 unspecified atom stereocenters. The number of likely N-dealkylation sites (tertiary alicyclic amines) is 1. The second kappa shape index (κ2) is 8.65. The van der Waals surface area contributed by atoms with E-state index in [9.17, 15) is 9.59 Å². The lowest BCUT2D eigenvalue weighted by Gasteiger charge is -2.31. The van der Waals surface area contributed by atoms with Crippen molar-refractivity contribution in [3.8, 4) is 0 Å². The van der Waals surface area contributed by atoms with E-state index in [0.717, 1.165) is 47.8 Å². The molecule has 0 spiro atoms. The molecule has 0 radical (unpaired) electrons. The first-order valence-corrected chi connectivity index (χ1v) is 10.4. The molecule has 2 heterocycles. The number of hydrogen-bond donors (Lipinski definition) is 1. The maximum absolute atomic E-state index is 12.8. The number of carbonyl (C=O) groups is 2. The van der Waals surface area contributed by atoms with Crippen LogP contribution in [0.4, 0.5) is 0 Å². The third-order valence-corrected chi connectivity index (χ3v) is 6.16. The molecule has 1 aliphatic heterocycles. The van der Waals surface area contributed by atoms with Gasteiger partial charge in [0.25, 0.3) is 5.91 Å². The van der Waals surface area contributed by atoms with Crippen molar-refractivity contribution >= 4 is 23.2 Å². The van der Waals surface area contributed by atoms with Gasteiger partial charge in [0.2, 0.25) is 5.91 Å². The summed E-state index contributed by atoms with van der Waals surface area (Å²) in [6.45, 7) is 7.91. The monoisotopic (exact) mass is 385 g/mol. The Hall–Kier alpha value is -2.21. The van der Waals surface area contributed by atoms with Gasteiger partial charge in [-0.05, 0) is 38.3 Å². The van der Waals surface area contributed by atoms with E-state index in [0.29, 0.717) is 18.9 Å². The van der Waals surface area contributed by atoms with Crippen LogP contribution in [0.25, 0.3) is 0 Å². The summed E-state index contributed by atoms with van der Waals surface area (Å²) in [6, 6.07) is 6.01. The lowest BCUT2D eigenvalue weighted by atomic mass is 9.96. The van der Waals surface area contributed by atoms with E-state index in [-0.39, 0.29) is 11.8 Å². The highest BCUT2D eigenvalue weighted by atomic mass is 32.1. The maximum Gasteiger partial charge on any atom is 0.254 e. The first kappa shape index (κ1) is 19.5. The zero-order valence-corrected chi connectivity index (χ0v) is 17.1. The second-order valence-corrected chi connectivity index (χ2v) is 8.08.